The number of methoxy groups -OCH3 is 1. The molecule has 2 aromatic rings. The van der Waals surface area contributed by atoms with Gasteiger partial charge in [0.1, 0.15) is 6.04 Å². The van der Waals surface area contributed by atoms with E-state index in [1.54, 1.807) is 11.0 Å². The minimum absolute atomic E-state index is 0.0857. The average molecular weight is 530 g/mol. The number of benzene rings is 1. The van der Waals surface area contributed by atoms with Gasteiger partial charge in [-0.15, -0.1) is 0 Å². The van der Waals surface area contributed by atoms with E-state index in [-0.39, 0.29) is 33.3 Å². The summed E-state index contributed by atoms with van der Waals surface area (Å²) in [6, 6.07) is 5.17. The van der Waals surface area contributed by atoms with Gasteiger partial charge in [-0.25, -0.2) is 4.79 Å². The topological polar surface area (TPSA) is 88.6 Å². The van der Waals surface area contributed by atoms with Crippen LogP contribution in [0.5, 0.6) is 0 Å². The average Bonchev–Trinajstić information content (AvgIpc) is 3.26. The fourth-order valence-corrected chi connectivity index (χ4v) is 5.56. The summed E-state index contributed by atoms with van der Waals surface area (Å²) in [5.41, 5.74) is 3.74. The van der Waals surface area contributed by atoms with Crippen LogP contribution in [-0.4, -0.2) is 42.3 Å². The number of pyridine rings is 1. The van der Waals surface area contributed by atoms with Crippen LogP contribution < -0.4 is 10.2 Å². The van der Waals surface area contributed by atoms with Crippen LogP contribution in [0, 0.1) is 5.92 Å². The van der Waals surface area contributed by atoms with Crippen molar-refractivity contribution in [3.8, 4) is 0 Å². The van der Waals surface area contributed by atoms with Crippen molar-refractivity contribution >= 4 is 46.5 Å². The lowest BCUT2D eigenvalue weighted by Crippen LogP contribution is -2.40. The summed E-state index contributed by atoms with van der Waals surface area (Å²) >= 11 is 12.4. The van der Waals surface area contributed by atoms with Gasteiger partial charge in [0.2, 0.25) is 0 Å². The molecule has 9 heteroatoms. The molecule has 0 spiro atoms. The van der Waals surface area contributed by atoms with Crippen molar-refractivity contribution in [1.82, 2.24) is 10.3 Å². The largest absolute Gasteiger partial charge is 0.467 e. The Hall–Kier alpha value is -2.90. The molecule has 0 radical (unpaired) electrons. The fourth-order valence-electron chi connectivity index (χ4n) is 5.03. The minimum atomic E-state index is -0.624. The Morgan fingerprint density at radius 2 is 1.97 bits per heavy atom. The second kappa shape index (κ2) is 11.4. The third kappa shape index (κ3) is 5.73. The molecule has 0 fully saturated rings. The predicted molar refractivity (Wildman–Crippen MR) is 139 cm³/mol. The zero-order valence-electron chi connectivity index (χ0n) is 20.4. The number of anilines is 1. The first-order chi connectivity index (χ1) is 17.3. The van der Waals surface area contributed by atoms with Crippen LogP contribution in [0.25, 0.3) is 0 Å². The van der Waals surface area contributed by atoms with Gasteiger partial charge in [0.15, 0.2) is 5.78 Å². The van der Waals surface area contributed by atoms with Crippen molar-refractivity contribution < 1.29 is 19.1 Å². The van der Waals surface area contributed by atoms with E-state index >= 15 is 0 Å². The van der Waals surface area contributed by atoms with E-state index in [0.717, 1.165) is 41.8 Å². The van der Waals surface area contributed by atoms with E-state index in [1.165, 1.54) is 19.5 Å². The van der Waals surface area contributed by atoms with Gasteiger partial charge in [-0.3, -0.25) is 14.6 Å². The number of carbonyl (C=O) groups is 3. The van der Waals surface area contributed by atoms with E-state index in [4.69, 9.17) is 27.9 Å². The number of amides is 1. The maximum atomic E-state index is 13.2. The molecule has 2 heterocycles. The molecule has 2 aliphatic rings. The molecule has 1 aliphatic heterocycles. The SMILES string of the molecule is CCCC1CC(=O)C=C(NC(Cc2ccc3c(c2)CCN3C(=O)c2c(Cl)cncc2Cl)C(=O)OC)C1. The molecule has 7 nitrogen and oxygen atoms in total. The first kappa shape index (κ1) is 26.2. The van der Waals surface area contributed by atoms with Gasteiger partial charge < -0.3 is 15.0 Å². The van der Waals surface area contributed by atoms with Crippen LogP contribution >= 0.6 is 23.2 Å². The van der Waals surface area contributed by atoms with Gasteiger partial charge in [0.05, 0.1) is 22.7 Å². The van der Waals surface area contributed by atoms with Crippen molar-refractivity contribution in [3.05, 3.63) is 69.1 Å². The lowest BCUT2D eigenvalue weighted by molar-refractivity contribution is -0.143. The molecule has 1 aromatic heterocycles. The Balaban J connectivity index is 1.51. The summed E-state index contributed by atoms with van der Waals surface area (Å²) in [5, 5.41) is 3.69. The quantitative estimate of drug-likeness (QED) is 0.487. The van der Waals surface area contributed by atoms with Crippen molar-refractivity contribution in [2.24, 2.45) is 5.92 Å². The van der Waals surface area contributed by atoms with E-state index in [0.29, 0.717) is 31.7 Å². The van der Waals surface area contributed by atoms with Crippen LogP contribution in [0.2, 0.25) is 10.0 Å². The fraction of sp³-hybridized carbons (Fsp3) is 0.407. The zero-order valence-corrected chi connectivity index (χ0v) is 21.9. The first-order valence-corrected chi connectivity index (χ1v) is 12.9. The van der Waals surface area contributed by atoms with Crippen LogP contribution in [0.15, 0.2) is 42.4 Å². The lowest BCUT2D eigenvalue weighted by atomic mass is 9.87. The highest BCUT2D eigenvalue weighted by molar-refractivity contribution is 6.40. The van der Waals surface area contributed by atoms with Gasteiger partial charge >= 0.3 is 5.97 Å². The number of allylic oxidation sites excluding steroid dienone is 2. The number of hydrogen-bond donors (Lipinski definition) is 1. The van der Waals surface area contributed by atoms with Gasteiger partial charge in [-0.1, -0.05) is 48.7 Å². The van der Waals surface area contributed by atoms with Crippen LogP contribution in [0.1, 0.15) is 54.1 Å². The minimum Gasteiger partial charge on any atom is -0.467 e. The van der Waals surface area contributed by atoms with Crippen molar-refractivity contribution in [2.75, 3.05) is 18.6 Å². The summed E-state index contributed by atoms with van der Waals surface area (Å²) in [4.78, 5) is 43.6. The van der Waals surface area contributed by atoms with E-state index in [1.807, 2.05) is 18.2 Å². The molecule has 1 aliphatic carbocycles. The van der Waals surface area contributed by atoms with Crippen LogP contribution in [0.4, 0.5) is 5.69 Å². The molecule has 0 saturated heterocycles. The molecule has 1 aromatic carbocycles. The third-order valence-corrected chi connectivity index (χ3v) is 7.24. The summed E-state index contributed by atoms with van der Waals surface area (Å²) < 4.78 is 5.04. The molecule has 0 bridgehead atoms. The van der Waals surface area contributed by atoms with Crippen molar-refractivity contribution in [2.45, 2.75) is 51.5 Å². The number of nitrogens with one attached hydrogen (secondary N) is 1. The van der Waals surface area contributed by atoms with Gasteiger partial charge in [0.25, 0.3) is 5.91 Å². The van der Waals surface area contributed by atoms with Gasteiger partial charge in [-0.2, -0.15) is 0 Å². The molecular weight excluding hydrogens is 501 g/mol. The number of carbonyl (C=O) groups excluding carboxylic acids is 3. The highest BCUT2D eigenvalue weighted by Crippen LogP contribution is 2.33. The van der Waals surface area contributed by atoms with Crippen molar-refractivity contribution in [1.29, 1.82) is 0 Å². The Labute approximate surface area is 220 Å². The Kier molecular flexibility index (Phi) is 8.32. The number of ketones is 1. The molecule has 0 saturated carbocycles. The smallest absolute Gasteiger partial charge is 0.328 e. The molecule has 2 atom stereocenters. The lowest BCUT2D eigenvalue weighted by Gasteiger charge is -2.26. The number of fused-ring (bicyclic) bond motifs is 1. The van der Waals surface area contributed by atoms with Crippen LogP contribution in [-0.2, 0) is 27.2 Å². The Morgan fingerprint density at radius 3 is 2.67 bits per heavy atom. The summed E-state index contributed by atoms with van der Waals surface area (Å²) in [7, 11) is 1.36. The maximum Gasteiger partial charge on any atom is 0.328 e. The van der Waals surface area contributed by atoms with Gasteiger partial charge in [-0.05, 0) is 42.4 Å². The summed E-state index contributed by atoms with van der Waals surface area (Å²) in [5.74, 6) is -0.287. The number of halogens is 2. The predicted octanol–water partition coefficient (Wildman–Crippen LogP) is 4.93. The maximum absolute atomic E-state index is 13.2. The zero-order chi connectivity index (χ0) is 25.8. The Bertz CT molecular complexity index is 1190. The summed E-state index contributed by atoms with van der Waals surface area (Å²) in [6.07, 6.45) is 8.77. The molecule has 1 N–H and O–H groups in total. The first-order valence-electron chi connectivity index (χ1n) is 12.1. The molecule has 2 unspecified atom stereocenters. The second-order valence-electron chi connectivity index (χ2n) is 9.27. The molecule has 1 amide bonds. The highest BCUT2D eigenvalue weighted by Gasteiger charge is 2.30. The molecular formula is C27H29Cl2N3O4. The molecule has 4 rings (SSSR count). The van der Waals surface area contributed by atoms with E-state index in [2.05, 4.69) is 17.2 Å². The number of esters is 1. The molecule has 190 valence electrons. The van der Waals surface area contributed by atoms with Gasteiger partial charge in [0, 0.05) is 49.2 Å². The monoisotopic (exact) mass is 529 g/mol. The number of nitrogens with zero attached hydrogens (tertiary/aromatic N) is 2. The highest BCUT2D eigenvalue weighted by atomic mass is 35.5. The number of aromatic nitrogens is 1. The third-order valence-electron chi connectivity index (χ3n) is 6.67. The van der Waals surface area contributed by atoms with Crippen LogP contribution in [0.3, 0.4) is 0 Å². The van der Waals surface area contributed by atoms with E-state index in [9.17, 15) is 14.4 Å². The second-order valence-corrected chi connectivity index (χ2v) is 10.1. The summed E-state index contributed by atoms with van der Waals surface area (Å²) in [6.45, 7) is 2.61. The number of ether oxygens (including phenoxy) is 1. The number of rotatable bonds is 8. The normalized spacial score (nSPS) is 17.9. The standard InChI is InChI=1S/C27H29Cl2N3O4/c1-3-4-16-10-19(13-20(33)11-16)31-23(27(35)36-2)12-17-5-6-24-18(9-17)7-8-32(24)26(34)25-21(28)14-30-15-22(25)29/h5-6,9,13-16,23,31H,3-4,7-8,10-12H2,1-2H3. The van der Waals surface area contributed by atoms with Crippen molar-refractivity contribution in [3.63, 3.8) is 0 Å². The number of hydrogen-bond acceptors (Lipinski definition) is 6. The van der Waals surface area contributed by atoms with E-state index < -0.39 is 6.04 Å². The Morgan fingerprint density at radius 1 is 1.22 bits per heavy atom. The molecule has 36 heavy (non-hydrogen) atoms.